The Kier molecular flexibility index (Phi) is 5.26. The topological polar surface area (TPSA) is 53.4 Å². The van der Waals surface area contributed by atoms with Crippen molar-refractivity contribution in [2.24, 2.45) is 0 Å². The highest BCUT2D eigenvalue weighted by Crippen LogP contribution is 2.31. The Bertz CT molecular complexity index is 913. The van der Waals surface area contributed by atoms with Crippen LogP contribution in [0.25, 0.3) is 22.4 Å². The number of hydrogen-bond acceptors (Lipinski definition) is 4. The lowest BCUT2D eigenvalue weighted by Gasteiger charge is -2.16. The first-order valence-electron chi connectivity index (χ1n) is 8.92. The van der Waals surface area contributed by atoms with Gasteiger partial charge in [0, 0.05) is 11.6 Å². The first-order valence-corrected chi connectivity index (χ1v) is 8.92. The van der Waals surface area contributed by atoms with Crippen LogP contribution in [-0.4, -0.2) is 29.2 Å². The Morgan fingerprint density at radius 1 is 1.15 bits per heavy atom. The zero-order valence-corrected chi connectivity index (χ0v) is 15.7. The lowest BCUT2D eigenvalue weighted by molar-refractivity contribution is 0.0526. The van der Waals surface area contributed by atoms with Gasteiger partial charge in [-0.3, -0.25) is 0 Å². The predicted octanol–water partition coefficient (Wildman–Crippen LogP) is 4.86. The number of benzene rings is 2. The molecule has 0 N–H and O–H groups in total. The van der Waals surface area contributed by atoms with Crippen molar-refractivity contribution in [1.82, 2.24) is 9.55 Å². The molecule has 0 aliphatic heterocycles. The molecule has 0 bridgehead atoms. The van der Waals surface area contributed by atoms with Crippen LogP contribution in [0.2, 0.25) is 0 Å². The number of methoxy groups -OCH3 is 1. The zero-order chi connectivity index (χ0) is 18.7. The minimum Gasteiger partial charge on any atom is -0.497 e. The number of carbonyl (C=O) groups excluding carboxylic acids is 1. The highest BCUT2D eigenvalue weighted by Gasteiger charge is 2.18. The fraction of sp³-hybridized carbons (Fsp3) is 0.333. The Morgan fingerprint density at radius 3 is 2.50 bits per heavy atom. The molecule has 0 fully saturated rings. The standard InChI is InChI=1S/C21H24N2O3/c1-5-14(3)23-19-12-9-16(21(24)26-6-2)13-18(19)22-20(23)15-7-10-17(25-4)11-8-15/h7-14H,5-6H2,1-4H3/t14-/m0/s1. The minimum absolute atomic E-state index is 0.283. The van der Waals surface area contributed by atoms with E-state index in [1.807, 2.05) is 30.3 Å². The van der Waals surface area contributed by atoms with Gasteiger partial charge in [0.15, 0.2) is 0 Å². The molecule has 0 radical (unpaired) electrons. The van der Waals surface area contributed by atoms with E-state index in [1.54, 1.807) is 26.2 Å². The van der Waals surface area contributed by atoms with Crippen LogP contribution in [0.3, 0.4) is 0 Å². The summed E-state index contributed by atoms with van der Waals surface area (Å²) in [5.74, 6) is 1.38. The fourth-order valence-corrected chi connectivity index (χ4v) is 3.01. The number of aromatic nitrogens is 2. The molecule has 136 valence electrons. The monoisotopic (exact) mass is 352 g/mol. The summed E-state index contributed by atoms with van der Waals surface area (Å²) in [6.07, 6.45) is 0.980. The van der Waals surface area contributed by atoms with Crippen molar-refractivity contribution < 1.29 is 14.3 Å². The summed E-state index contributed by atoms with van der Waals surface area (Å²) in [4.78, 5) is 16.9. The number of esters is 1. The highest BCUT2D eigenvalue weighted by molar-refractivity contribution is 5.94. The number of hydrogen-bond donors (Lipinski definition) is 0. The summed E-state index contributed by atoms with van der Waals surface area (Å²) in [6, 6.07) is 13.7. The van der Waals surface area contributed by atoms with Gasteiger partial charge in [0.25, 0.3) is 0 Å². The second-order valence-corrected chi connectivity index (χ2v) is 6.22. The Balaban J connectivity index is 2.15. The van der Waals surface area contributed by atoms with E-state index >= 15 is 0 Å². The van der Waals surface area contributed by atoms with Crippen LogP contribution in [-0.2, 0) is 4.74 Å². The second-order valence-electron chi connectivity index (χ2n) is 6.22. The molecule has 0 aliphatic rings. The lowest BCUT2D eigenvalue weighted by atomic mass is 10.1. The van der Waals surface area contributed by atoms with Crippen LogP contribution in [0.5, 0.6) is 5.75 Å². The van der Waals surface area contributed by atoms with Crippen molar-refractivity contribution in [1.29, 1.82) is 0 Å². The summed E-state index contributed by atoms with van der Waals surface area (Å²) in [5.41, 5.74) is 3.34. The fourth-order valence-electron chi connectivity index (χ4n) is 3.01. The number of ether oxygens (including phenoxy) is 2. The van der Waals surface area contributed by atoms with Gasteiger partial charge in [-0.15, -0.1) is 0 Å². The van der Waals surface area contributed by atoms with E-state index in [2.05, 4.69) is 18.4 Å². The van der Waals surface area contributed by atoms with Gasteiger partial charge < -0.3 is 14.0 Å². The molecule has 0 spiro atoms. The van der Waals surface area contributed by atoms with Gasteiger partial charge in [0.1, 0.15) is 11.6 Å². The molecule has 5 heteroatoms. The van der Waals surface area contributed by atoms with Crippen molar-refractivity contribution in [2.75, 3.05) is 13.7 Å². The third-order valence-electron chi connectivity index (χ3n) is 4.58. The molecule has 0 saturated carbocycles. The molecule has 3 rings (SSSR count). The van der Waals surface area contributed by atoms with Gasteiger partial charge in [-0.1, -0.05) is 6.92 Å². The molecule has 2 aromatic carbocycles. The smallest absolute Gasteiger partial charge is 0.338 e. The maximum absolute atomic E-state index is 12.0. The summed E-state index contributed by atoms with van der Waals surface area (Å²) in [7, 11) is 1.65. The lowest BCUT2D eigenvalue weighted by Crippen LogP contribution is -2.06. The number of imidazole rings is 1. The maximum Gasteiger partial charge on any atom is 0.338 e. The average Bonchev–Trinajstić information content (AvgIpc) is 3.06. The first kappa shape index (κ1) is 18.0. The van der Waals surface area contributed by atoms with Gasteiger partial charge in [0.2, 0.25) is 0 Å². The Labute approximate surface area is 153 Å². The van der Waals surface area contributed by atoms with Crippen LogP contribution in [0, 0.1) is 0 Å². The van der Waals surface area contributed by atoms with Crippen LogP contribution >= 0.6 is 0 Å². The van der Waals surface area contributed by atoms with E-state index in [9.17, 15) is 4.79 Å². The summed E-state index contributed by atoms with van der Waals surface area (Å²) in [6.45, 7) is 6.49. The van der Waals surface area contributed by atoms with Gasteiger partial charge >= 0.3 is 5.97 Å². The van der Waals surface area contributed by atoms with Crippen molar-refractivity contribution in [2.45, 2.75) is 33.2 Å². The van der Waals surface area contributed by atoms with E-state index in [4.69, 9.17) is 14.5 Å². The molecular formula is C21H24N2O3. The predicted molar refractivity (Wildman–Crippen MR) is 103 cm³/mol. The zero-order valence-electron chi connectivity index (χ0n) is 15.7. The molecule has 0 amide bonds. The van der Waals surface area contributed by atoms with E-state index in [0.29, 0.717) is 12.2 Å². The van der Waals surface area contributed by atoms with Gasteiger partial charge in [-0.2, -0.15) is 0 Å². The molecule has 1 aromatic heterocycles. The second kappa shape index (κ2) is 7.60. The molecule has 1 atom stereocenters. The molecular weight excluding hydrogens is 328 g/mol. The van der Waals surface area contributed by atoms with Crippen molar-refractivity contribution in [3.05, 3.63) is 48.0 Å². The first-order chi connectivity index (χ1) is 12.6. The third kappa shape index (κ3) is 3.29. The molecule has 3 aromatic rings. The van der Waals surface area contributed by atoms with Gasteiger partial charge in [0.05, 0.1) is 30.3 Å². The number of carbonyl (C=O) groups is 1. The third-order valence-corrected chi connectivity index (χ3v) is 4.58. The maximum atomic E-state index is 12.0. The van der Waals surface area contributed by atoms with Crippen LogP contribution in [0.4, 0.5) is 0 Å². The van der Waals surface area contributed by atoms with Crippen molar-refractivity contribution >= 4 is 17.0 Å². The summed E-state index contributed by atoms with van der Waals surface area (Å²) < 4.78 is 12.6. The Hall–Kier alpha value is -2.82. The Morgan fingerprint density at radius 2 is 1.88 bits per heavy atom. The van der Waals surface area contributed by atoms with Crippen LogP contribution in [0.1, 0.15) is 43.6 Å². The molecule has 0 saturated heterocycles. The van der Waals surface area contributed by atoms with E-state index in [0.717, 1.165) is 34.6 Å². The van der Waals surface area contributed by atoms with Crippen molar-refractivity contribution in [3.8, 4) is 17.1 Å². The molecule has 26 heavy (non-hydrogen) atoms. The molecule has 0 unspecified atom stereocenters. The summed E-state index contributed by atoms with van der Waals surface area (Å²) in [5, 5.41) is 0. The van der Waals surface area contributed by atoms with E-state index < -0.39 is 0 Å². The SMILES string of the molecule is CCOC(=O)c1ccc2c(c1)nc(-c1ccc(OC)cc1)n2[C@@H](C)CC. The number of fused-ring (bicyclic) bond motifs is 1. The van der Waals surface area contributed by atoms with Crippen LogP contribution < -0.4 is 4.74 Å². The van der Waals surface area contributed by atoms with Gasteiger partial charge in [-0.25, -0.2) is 9.78 Å². The normalized spacial score (nSPS) is 12.2. The highest BCUT2D eigenvalue weighted by atomic mass is 16.5. The van der Waals surface area contributed by atoms with Crippen molar-refractivity contribution in [3.63, 3.8) is 0 Å². The number of nitrogens with zero attached hydrogens (tertiary/aromatic N) is 2. The van der Waals surface area contributed by atoms with E-state index in [-0.39, 0.29) is 12.0 Å². The summed E-state index contributed by atoms with van der Waals surface area (Å²) >= 11 is 0. The average molecular weight is 352 g/mol. The molecule has 5 nitrogen and oxygen atoms in total. The van der Waals surface area contributed by atoms with E-state index in [1.165, 1.54) is 0 Å². The largest absolute Gasteiger partial charge is 0.497 e. The van der Waals surface area contributed by atoms with Crippen LogP contribution in [0.15, 0.2) is 42.5 Å². The van der Waals surface area contributed by atoms with Gasteiger partial charge in [-0.05, 0) is 62.7 Å². The number of rotatable bonds is 6. The minimum atomic E-state index is -0.321. The quantitative estimate of drug-likeness (QED) is 0.595. The molecule has 0 aliphatic carbocycles. The molecule has 1 heterocycles.